The monoisotopic (exact) mass is 273 g/mol. The Morgan fingerprint density at radius 1 is 1.50 bits per heavy atom. The Morgan fingerprint density at radius 3 is 2.79 bits per heavy atom. The maximum atomic E-state index is 10.6. The van der Waals surface area contributed by atoms with E-state index in [1.54, 1.807) is 12.1 Å². The van der Waals surface area contributed by atoms with E-state index in [4.69, 9.17) is 9.81 Å². The molecule has 0 aliphatic rings. The summed E-state index contributed by atoms with van der Waals surface area (Å²) in [5.41, 5.74) is 1.54. The van der Waals surface area contributed by atoms with Gasteiger partial charge in [0, 0.05) is 4.47 Å². The smallest absolute Gasteiger partial charge is 0.157 e. The molecule has 0 spiro atoms. The second-order valence-electron chi connectivity index (χ2n) is 2.71. The molecule has 74 valence electrons. The minimum absolute atomic E-state index is 0.0659. The van der Waals surface area contributed by atoms with Gasteiger partial charge in [0.2, 0.25) is 0 Å². The molecule has 1 aromatic carbocycles. The van der Waals surface area contributed by atoms with E-state index in [1.807, 2.05) is 12.1 Å². The molecule has 1 rings (SSSR count). The van der Waals surface area contributed by atoms with Crippen LogP contribution in [0.5, 0.6) is 0 Å². The summed E-state index contributed by atoms with van der Waals surface area (Å²) in [7, 11) is 0. The predicted octanol–water partition coefficient (Wildman–Crippen LogP) is 2.24. The fourth-order valence-electron chi connectivity index (χ4n) is 1.12. The highest BCUT2D eigenvalue weighted by molar-refractivity contribution is 9.10. The molecule has 1 N–H and O–H groups in total. The van der Waals surface area contributed by atoms with E-state index in [0.717, 1.165) is 15.6 Å². The van der Waals surface area contributed by atoms with Gasteiger partial charge in [-0.15, -0.1) is 0 Å². The van der Waals surface area contributed by atoms with Crippen molar-refractivity contribution >= 4 is 27.0 Å². The molecule has 0 aliphatic heterocycles. The summed E-state index contributed by atoms with van der Waals surface area (Å²) in [5.74, 6) is 0.0659. The number of benzene rings is 1. The Hall–Kier alpha value is -0.700. The lowest BCUT2D eigenvalue weighted by atomic mass is 10.1. The van der Waals surface area contributed by atoms with E-state index >= 15 is 0 Å². The zero-order valence-corrected chi connectivity index (χ0v) is 9.64. The van der Waals surface area contributed by atoms with Gasteiger partial charge in [0.25, 0.3) is 0 Å². The Labute approximate surface area is 93.2 Å². The van der Waals surface area contributed by atoms with Crippen LogP contribution in [0.15, 0.2) is 22.7 Å². The van der Waals surface area contributed by atoms with Gasteiger partial charge in [-0.05, 0) is 23.3 Å². The second-order valence-corrected chi connectivity index (χ2v) is 4.56. The third-order valence-corrected chi connectivity index (χ3v) is 2.77. The number of nitrogens with zero attached hydrogens (tertiary/aromatic N) is 1. The van der Waals surface area contributed by atoms with E-state index in [2.05, 4.69) is 15.9 Å². The number of hydrogen-bond acceptors (Lipinski definition) is 2. The van der Waals surface area contributed by atoms with Gasteiger partial charge in [-0.25, -0.2) is 4.21 Å². The van der Waals surface area contributed by atoms with Crippen LogP contribution in [0, 0.1) is 11.3 Å². The third-order valence-electron chi connectivity index (χ3n) is 1.72. The fraction of sp³-hybridized carbons (Fsp3) is 0.222. The van der Waals surface area contributed by atoms with Crippen LogP contribution in [0.4, 0.5) is 0 Å². The zero-order valence-electron chi connectivity index (χ0n) is 7.24. The molecule has 0 aliphatic carbocycles. The number of nitriles is 1. The minimum atomic E-state index is -1.87. The van der Waals surface area contributed by atoms with Crippen LogP contribution >= 0.6 is 15.9 Å². The molecule has 0 bridgehead atoms. The summed E-state index contributed by atoms with van der Waals surface area (Å²) in [4.78, 5) is 0. The molecule has 0 radical (unpaired) electrons. The van der Waals surface area contributed by atoms with E-state index in [9.17, 15) is 4.21 Å². The van der Waals surface area contributed by atoms with Crippen molar-refractivity contribution in [1.29, 1.82) is 5.26 Å². The summed E-state index contributed by atoms with van der Waals surface area (Å²) in [6.07, 6.45) is 0.264. The van der Waals surface area contributed by atoms with E-state index in [0.29, 0.717) is 0 Å². The van der Waals surface area contributed by atoms with Crippen molar-refractivity contribution in [3.63, 3.8) is 0 Å². The highest BCUT2D eigenvalue weighted by Gasteiger charge is 2.05. The lowest BCUT2D eigenvalue weighted by Crippen LogP contribution is -1.98. The van der Waals surface area contributed by atoms with Crippen molar-refractivity contribution in [1.82, 2.24) is 0 Å². The van der Waals surface area contributed by atoms with Crippen molar-refractivity contribution in [2.75, 3.05) is 0 Å². The lowest BCUT2D eigenvalue weighted by Gasteiger charge is -2.04. The SMILES string of the molecule is N#CCc1ccc(Br)cc1CS(=O)O. The molecule has 14 heavy (non-hydrogen) atoms. The second kappa shape index (κ2) is 5.25. The topological polar surface area (TPSA) is 61.1 Å². The van der Waals surface area contributed by atoms with Gasteiger partial charge < -0.3 is 4.55 Å². The predicted molar refractivity (Wildman–Crippen MR) is 57.9 cm³/mol. The van der Waals surface area contributed by atoms with Crippen LogP contribution in [-0.2, 0) is 23.3 Å². The maximum absolute atomic E-state index is 10.6. The lowest BCUT2D eigenvalue weighted by molar-refractivity contribution is 0.563. The van der Waals surface area contributed by atoms with Crippen LogP contribution in [0.2, 0.25) is 0 Å². The average Bonchev–Trinajstić information content (AvgIpc) is 2.09. The highest BCUT2D eigenvalue weighted by Crippen LogP contribution is 2.18. The molecule has 0 fully saturated rings. The zero-order chi connectivity index (χ0) is 10.6. The summed E-state index contributed by atoms with van der Waals surface area (Å²) in [6.45, 7) is 0. The Bertz CT molecular complexity index is 400. The summed E-state index contributed by atoms with van der Waals surface area (Å²) >= 11 is 1.40. The standard InChI is InChI=1S/C9H8BrNO2S/c10-9-2-1-7(3-4-11)8(5-9)6-14(12)13/h1-2,5H,3,6H2,(H,12,13). The van der Waals surface area contributed by atoms with Crippen LogP contribution in [0.25, 0.3) is 0 Å². The molecular weight excluding hydrogens is 266 g/mol. The van der Waals surface area contributed by atoms with Crippen molar-refractivity contribution in [2.45, 2.75) is 12.2 Å². The summed E-state index contributed by atoms with van der Waals surface area (Å²) in [5, 5.41) is 8.55. The van der Waals surface area contributed by atoms with Gasteiger partial charge in [0.15, 0.2) is 11.1 Å². The third kappa shape index (κ3) is 3.22. The molecule has 0 saturated heterocycles. The Morgan fingerprint density at radius 2 is 2.21 bits per heavy atom. The van der Waals surface area contributed by atoms with Gasteiger partial charge in [0.1, 0.15) is 0 Å². The van der Waals surface area contributed by atoms with Gasteiger partial charge in [-0.1, -0.05) is 22.0 Å². The molecule has 1 atom stereocenters. The van der Waals surface area contributed by atoms with Crippen molar-refractivity contribution in [2.24, 2.45) is 0 Å². The molecule has 0 heterocycles. The van der Waals surface area contributed by atoms with Gasteiger partial charge >= 0.3 is 0 Å². The van der Waals surface area contributed by atoms with Gasteiger partial charge in [-0.3, -0.25) is 0 Å². The summed E-state index contributed by atoms with van der Waals surface area (Å²) < 4.78 is 20.3. The van der Waals surface area contributed by atoms with Crippen LogP contribution in [0.3, 0.4) is 0 Å². The molecule has 1 aromatic rings. The quantitative estimate of drug-likeness (QED) is 0.860. The first-order chi connectivity index (χ1) is 6.63. The average molecular weight is 274 g/mol. The summed E-state index contributed by atoms with van der Waals surface area (Å²) in [6, 6.07) is 7.39. The van der Waals surface area contributed by atoms with Crippen LogP contribution < -0.4 is 0 Å². The molecule has 3 nitrogen and oxygen atoms in total. The Kier molecular flexibility index (Phi) is 4.26. The van der Waals surface area contributed by atoms with Crippen LogP contribution in [-0.4, -0.2) is 8.76 Å². The van der Waals surface area contributed by atoms with Crippen LogP contribution in [0.1, 0.15) is 11.1 Å². The van der Waals surface area contributed by atoms with Gasteiger partial charge in [-0.2, -0.15) is 5.26 Å². The molecule has 5 heteroatoms. The first-order valence-corrected chi connectivity index (χ1v) is 5.92. The first kappa shape index (κ1) is 11.4. The number of hydrogen-bond donors (Lipinski definition) is 1. The van der Waals surface area contributed by atoms with Crippen molar-refractivity contribution in [3.05, 3.63) is 33.8 Å². The normalized spacial score (nSPS) is 12.1. The maximum Gasteiger partial charge on any atom is 0.157 e. The van der Waals surface area contributed by atoms with Gasteiger partial charge in [0.05, 0.1) is 18.2 Å². The largest absolute Gasteiger partial charge is 0.306 e. The molecule has 1 unspecified atom stereocenters. The molecule has 0 saturated carbocycles. The Balaban J connectivity index is 3.03. The highest BCUT2D eigenvalue weighted by atomic mass is 79.9. The fourth-order valence-corrected chi connectivity index (χ4v) is 2.06. The van der Waals surface area contributed by atoms with E-state index < -0.39 is 11.1 Å². The minimum Gasteiger partial charge on any atom is -0.306 e. The van der Waals surface area contributed by atoms with Crippen molar-refractivity contribution in [3.8, 4) is 6.07 Å². The molecular formula is C9H8BrNO2S. The number of rotatable bonds is 3. The molecule has 0 aromatic heterocycles. The molecule has 0 amide bonds. The van der Waals surface area contributed by atoms with Crippen molar-refractivity contribution < 1.29 is 8.76 Å². The first-order valence-electron chi connectivity index (χ1n) is 3.85. The van der Waals surface area contributed by atoms with E-state index in [1.165, 1.54) is 0 Å². The number of halogens is 1. The van der Waals surface area contributed by atoms with E-state index in [-0.39, 0.29) is 12.2 Å².